The zero-order valence-electron chi connectivity index (χ0n) is 24.1. The predicted molar refractivity (Wildman–Crippen MR) is 184 cm³/mol. The van der Waals surface area contributed by atoms with Crippen LogP contribution < -0.4 is 21.9 Å². The third-order valence-electron chi connectivity index (χ3n) is 9.63. The summed E-state index contributed by atoms with van der Waals surface area (Å²) in [6.45, 7) is 4.19. The van der Waals surface area contributed by atoms with Crippen LogP contribution in [-0.2, 0) is 4.65 Å². The lowest BCUT2D eigenvalue weighted by molar-refractivity contribution is 0.253. The maximum absolute atomic E-state index is 6.71. The lowest BCUT2D eigenvalue weighted by Gasteiger charge is -2.31. The van der Waals surface area contributed by atoms with E-state index in [2.05, 4.69) is 141 Å². The Labute approximate surface area is 251 Å². The van der Waals surface area contributed by atoms with Crippen molar-refractivity contribution in [2.75, 3.05) is 0 Å². The SMILES string of the molecule is CC(C)OB1c2cccc3c2-n2c4c(ccc5c6cc(-c7ccccc7)c(-c7ccccc7)cc6c6ccc1c2c6c54)[B]3. The van der Waals surface area contributed by atoms with Crippen LogP contribution in [-0.4, -0.2) is 24.9 Å². The first-order valence-corrected chi connectivity index (χ1v) is 15.2. The van der Waals surface area contributed by atoms with Crippen LogP contribution in [0, 0.1) is 0 Å². The summed E-state index contributed by atoms with van der Waals surface area (Å²) in [4.78, 5) is 0. The van der Waals surface area contributed by atoms with Crippen molar-refractivity contribution in [3.8, 4) is 27.9 Å². The van der Waals surface area contributed by atoms with Crippen LogP contribution in [0.3, 0.4) is 0 Å². The number of fused-ring (bicyclic) bond motifs is 3. The molecule has 7 aromatic carbocycles. The first-order chi connectivity index (χ1) is 21.2. The van der Waals surface area contributed by atoms with Gasteiger partial charge < -0.3 is 9.22 Å². The Hall–Kier alpha value is -4.79. The fourth-order valence-corrected chi connectivity index (χ4v) is 7.99. The fourth-order valence-electron chi connectivity index (χ4n) is 7.99. The van der Waals surface area contributed by atoms with Gasteiger partial charge in [0.15, 0.2) is 7.28 Å². The minimum absolute atomic E-state index is 0.0963. The van der Waals surface area contributed by atoms with Gasteiger partial charge in [0, 0.05) is 28.1 Å². The molecule has 0 N–H and O–H groups in total. The van der Waals surface area contributed by atoms with E-state index in [0.717, 1.165) is 0 Å². The van der Waals surface area contributed by atoms with Crippen molar-refractivity contribution < 1.29 is 4.65 Å². The van der Waals surface area contributed by atoms with Crippen molar-refractivity contribution in [2.45, 2.75) is 20.0 Å². The van der Waals surface area contributed by atoms with Gasteiger partial charge in [-0.05, 0) is 80.7 Å². The molecule has 2 nitrogen and oxygen atoms in total. The van der Waals surface area contributed by atoms with Gasteiger partial charge >= 0.3 is 6.92 Å². The van der Waals surface area contributed by atoms with Crippen molar-refractivity contribution in [1.29, 1.82) is 0 Å². The van der Waals surface area contributed by atoms with E-state index in [1.54, 1.807) is 0 Å². The van der Waals surface area contributed by atoms with E-state index < -0.39 is 0 Å². The first-order valence-electron chi connectivity index (χ1n) is 15.2. The molecule has 0 unspecified atom stereocenters. The summed E-state index contributed by atoms with van der Waals surface area (Å²) in [6, 6.07) is 42.6. The summed E-state index contributed by atoms with van der Waals surface area (Å²) in [5.74, 6) is 0. The molecule has 43 heavy (non-hydrogen) atoms. The maximum Gasteiger partial charge on any atom is 0.366 e. The lowest BCUT2D eigenvalue weighted by Crippen LogP contribution is -2.55. The van der Waals surface area contributed by atoms with Crippen molar-refractivity contribution in [3.05, 3.63) is 115 Å². The van der Waals surface area contributed by atoms with E-state index in [-0.39, 0.29) is 13.0 Å². The third kappa shape index (κ3) is 3.04. The molecule has 8 aromatic rings. The summed E-state index contributed by atoms with van der Waals surface area (Å²) in [5, 5.41) is 7.95. The Balaban J connectivity index is 1.42. The molecule has 0 spiro atoms. The molecule has 0 aliphatic carbocycles. The quantitative estimate of drug-likeness (QED) is 0.178. The van der Waals surface area contributed by atoms with E-state index in [9.17, 15) is 0 Å². The van der Waals surface area contributed by atoms with Crippen molar-refractivity contribution in [3.63, 3.8) is 0 Å². The molecule has 1 aromatic heterocycles. The Morgan fingerprint density at radius 3 is 1.86 bits per heavy atom. The van der Waals surface area contributed by atoms with Crippen LogP contribution in [0.2, 0.25) is 0 Å². The third-order valence-corrected chi connectivity index (χ3v) is 9.63. The molecule has 0 bridgehead atoms. The Bertz CT molecular complexity index is 2430. The van der Waals surface area contributed by atoms with Gasteiger partial charge in [-0.15, -0.1) is 0 Å². The lowest BCUT2D eigenvalue weighted by atomic mass is 9.50. The molecule has 0 fully saturated rings. The van der Waals surface area contributed by atoms with Crippen LogP contribution in [0.5, 0.6) is 0 Å². The summed E-state index contributed by atoms with van der Waals surface area (Å²) >= 11 is 0. The van der Waals surface area contributed by atoms with Gasteiger partial charge in [0.25, 0.3) is 0 Å². The molecule has 2 aliphatic heterocycles. The summed E-state index contributed by atoms with van der Waals surface area (Å²) in [5.41, 5.74) is 14.0. The average molecular weight is 546 g/mol. The smallest absolute Gasteiger partial charge is 0.366 e. The molecule has 199 valence electrons. The van der Waals surface area contributed by atoms with E-state index in [1.807, 2.05) is 0 Å². The standard InChI is InChI=1S/C39H26B2NO/c1-22(2)43-41-33-15-9-14-31-37(33)42-38-32(40-31)18-16-25-29-20-27(23-10-5-3-6-11-23)28(24-12-7-4-8-13-24)21-30(29)26-17-19-34(41)39(42)36(26)35(25)38/h3-22H,1-2H3. The van der Waals surface area contributed by atoms with Crippen molar-refractivity contribution in [2.24, 2.45) is 0 Å². The Kier molecular flexibility index (Phi) is 4.64. The highest BCUT2D eigenvalue weighted by Gasteiger charge is 2.39. The van der Waals surface area contributed by atoms with Gasteiger partial charge in [0.1, 0.15) is 0 Å². The first kappa shape index (κ1) is 23.7. The molecular weight excluding hydrogens is 520 g/mol. The van der Waals surface area contributed by atoms with Gasteiger partial charge in [-0.25, -0.2) is 0 Å². The van der Waals surface area contributed by atoms with Gasteiger partial charge in [-0.3, -0.25) is 0 Å². The second-order valence-corrected chi connectivity index (χ2v) is 12.4. The molecule has 0 saturated carbocycles. The van der Waals surface area contributed by atoms with Crippen molar-refractivity contribution >= 4 is 79.4 Å². The Morgan fingerprint density at radius 2 is 1.21 bits per heavy atom. The van der Waals surface area contributed by atoms with Gasteiger partial charge in [-0.2, -0.15) is 0 Å². The van der Waals surface area contributed by atoms with E-state index >= 15 is 0 Å². The van der Waals surface area contributed by atoms with Crippen LogP contribution >= 0.6 is 0 Å². The van der Waals surface area contributed by atoms with Gasteiger partial charge in [0.05, 0.1) is 5.52 Å². The summed E-state index contributed by atoms with van der Waals surface area (Å²) < 4.78 is 9.27. The number of benzene rings is 7. The van der Waals surface area contributed by atoms with E-state index in [1.165, 1.54) is 93.1 Å². The second kappa shape index (κ2) is 8.40. The monoisotopic (exact) mass is 546 g/mol. The minimum Gasteiger partial charge on any atom is -0.425 e. The molecular formula is C39H26B2NO. The van der Waals surface area contributed by atoms with Crippen LogP contribution in [0.25, 0.3) is 71.3 Å². The molecule has 4 heteroatoms. The largest absolute Gasteiger partial charge is 0.425 e. The molecule has 0 amide bonds. The zero-order chi connectivity index (χ0) is 28.4. The number of hydrogen-bond donors (Lipinski definition) is 0. The minimum atomic E-state index is -0.0963. The zero-order valence-corrected chi connectivity index (χ0v) is 24.1. The summed E-state index contributed by atoms with van der Waals surface area (Å²) in [6.07, 6.45) is 0.115. The highest BCUT2D eigenvalue weighted by atomic mass is 16.4. The van der Waals surface area contributed by atoms with E-state index in [4.69, 9.17) is 4.65 Å². The number of para-hydroxylation sites is 1. The fraction of sp³-hybridized carbons (Fsp3) is 0.0769. The number of hydrogen-bond acceptors (Lipinski definition) is 1. The van der Waals surface area contributed by atoms with Crippen LogP contribution in [0.4, 0.5) is 0 Å². The molecule has 0 atom stereocenters. The summed E-state index contributed by atoms with van der Waals surface area (Å²) in [7, 11) is 2.37. The van der Waals surface area contributed by atoms with Crippen LogP contribution in [0.15, 0.2) is 115 Å². The highest BCUT2D eigenvalue weighted by molar-refractivity contribution is 6.85. The molecule has 1 radical (unpaired) electrons. The number of aromatic nitrogens is 1. The van der Waals surface area contributed by atoms with Gasteiger partial charge in [-0.1, -0.05) is 114 Å². The number of rotatable bonds is 4. The molecule has 3 heterocycles. The Morgan fingerprint density at radius 1 is 0.581 bits per heavy atom. The van der Waals surface area contributed by atoms with Crippen LogP contribution in [0.1, 0.15) is 13.8 Å². The van der Waals surface area contributed by atoms with Gasteiger partial charge in [0.2, 0.25) is 0 Å². The predicted octanol–water partition coefficient (Wildman–Crippen LogP) is 6.67. The number of nitrogens with zero attached hydrogens (tertiary/aromatic N) is 1. The molecule has 10 rings (SSSR count). The van der Waals surface area contributed by atoms with E-state index in [0.29, 0.717) is 0 Å². The average Bonchev–Trinajstić information content (AvgIpc) is 3.41. The normalized spacial score (nSPS) is 13.3. The second-order valence-electron chi connectivity index (χ2n) is 12.4. The molecule has 0 saturated heterocycles. The topological polar surface area (TPSA) is 14.2 Å². The van der Waals surface area contributed by atoms with Crippen molar-refractivity contribution in [1.82, 2.24) is 4.57 Å². The highest BCUT2D eigenvalue weighted by Crippen LogP contribution is 2.46. The maximum atomic E-state index is 6.71. The molecule has 2 aliphatic rings.